The molecular weight excluding hydrogens is 230 g/mol. The van der Waals surface area contributed by atoms with Gasteiger partial charge in [0.05, 0.1) is 11.3 Å². The molecule has 98 valence electrons. The topological polar surface area (TPSA) is 74.5 Å². The number of piperazine rings is 1. The average molecular weight is 249 g/mol. The molecule has 0 saturated carbocycles. The average Bonchev–Trinajstić information content (AvgIpc) is 2.46. The molecule has 1 fully saturated rings. The Balaban J connectivity index is 2.08. The van der Waals surface area contributed by atoms with Gasteiger partial charge in [-0.05, 0) is 12.6 Å². The normalized spacial score (nSPS) is 16.7. The molecule has 18 heavy (non-hydrogen) atoms. The highest BCUT2D eigenvalue weighted by Crippen LogP contribution is 2.15. The van der Waals surface area contributed by atoms with Gasteiger partial charge in [-0.15, -0.1) is 0 Å². The number of anilines is 1. The van der Waals surface area contributed by atoms with E-state index in [1.807, 2.05) is 4.90 Å². The van der Waals surface area contributed by atoms with Crippen molar-refractivity contribution in [2.45, 2.75) is 6.92 Å². The first kappa shape index (κ1) is 12.8. The summed E-state index contributed by atoms with van der Waals surface area (Å²) in [6.07, 6.45) is 3.17. The van der Waals surface area contributed by atoms with Crippen molar-refractivity contribution in [3.63, 3.8) is 0 Å². The van der Waals surface area contributed by atoms with E-state index in [4.69, 9.17) is 5.84 Å². The molecule has 2 heterocycles. The van der Waals surface area contributed by atoms with Gasteiger partial charge in [0, 0.05) is 38.6 Å². The lowest BCUT2D eigenvalue weighted by Crippen LogP contribution is -2.48. The number of nitrogens with zero attached hydrogens (tertiary/aromatic N) is 3. The Bertz CT molecular complexity index is 415. The van der Waals surface area contributed by atoms with Gasteiger partial charge in [0.25, 0.3) is 5.91 Å². The van der Waals surface area contributed by atoms with Crippen molar-refractivity contribution in [2.75, 3.05) is 38.1 Å². The van der Waals surface area contributed by atoms with Crippen LogP contribution in [-0.4, -0.2) is 53.4 Å². The van der Waals surface area contributed by atoms with Crippen LogP contribution in [0.5, 0.6) is 0 Å². The molecule has 0 bridgehead atoms. The fourth-order valence-corrected chi connectivity index (χ4v) is 2.13. The first-order valence-corrected chi connectivity index (χ1v) is 6.18. The van der Waals surface area contributed by atoms with Crippen LogP contribution in [0.25, 0.3) is 0 Å². The van der Waals surface area contributed by atoms with Crippen LogP contribution < -0.4 is 11.3 Å². The number of rotatable bonds is 3. The third-order valence-electron chi connectivity index (χ3n) is 3.31. The van der Waals surface area contributed by atoms with Crippen LogP contribution >= 0.6 is 0 Å². The largest absolute Gasteiger partial charge is 0.336 e. The molecule has 1 aromatic rings. The maximum Gasteiger partial charge on any atom is 0.257 e. The molecule has 0 atom stereocenters. The highest BCUT2D eigenvalue weighted by molar-refractivity contribution is 5.99. The SMILES string of the molecule is CCN1CCN(C(=O)c2cnccc2NN)CC1. The fourth-order valence-electron chi connectivity index (χ4n) is 2.13. The summed E-state index contributed by atoms with van der Waals surface area (Å²) >= 11 is 0. The van der Waals surface area contributed by atoms with E-state index in [1.165, 1.54) is 0 Å². The fraction of sp³-hybridized carbons (Fsp3) is 0.500. The maximum atomic E-state index is 12.3. The Labute approximate surface area is 107 Å². The lowest BCUT2D eigenvalue weighted by atomic mass is 10.2. The van der Waals surface area contributed by atoms with Crippen LogP contribution in [0.3, 0.4) is 0 Å². The van der Waals surface area contributed by atoms with E-state index in [-0.39, 0.29) is 5.91 Å². The van der Waals surface area contributed by atoms with Crippen molar-refractivity contribution >= 4 is 11.6 Å². The number of nitrogens with two attached hydrogens (primary N) is 1. The third kappa shape index (κ3) is 2.60. The molecule has 1 aliphatic rings. The standard InChI is InChI=1S/C12H19N5O/c1-2-16-5-7-17(8-6-16)12(18)10-9-14-4-3-11(10)15-13/h3-4,9H,2,5-8,13H2,1H3,(H,14,15). The number of amides is 1. The van der Waals surface area contributed by atoms with Crippen LogP contribution in [0.2, 0.25) is 0 Å². The second kappa shape index (κ2) is 5.79. The van der Waals surface area contributed by atoms with Gasteiger partial charge in [-0.2, -0.15) is 0 Å². The minimum Gasteiger partial charge on any atom is -0.336 e. The zero-order chi connectivity index (χ0) is 13.0. The molecule has 2 rings (SSSR count). The predicted molar refractivity (Wildman–Crippen MR) is 70.1 cm³/mol. The molecule has 1 aliphatic heterocycles. The lowest BCUT2D eigenvalue weighted by molar-refractivity contribution is 0.0644. The number of carbonyl (C=O) groups excluding carboxylic acids is 1. The van der Waals surface area contributed by atoms with Crippen molar-refractivity contribution in [1.82, 2.24) is 14.8 Å². The van der Waals surface area contributed by atoms with Gasteiger partial charge in [-0.1, -0.05) is 6.92 Å². The number of aromatic nitrogens is 1. The number of hydrazine groups is 1. The smallest absolute Gasteiger partial charge is 0.257 e. The van der Waals surface area contributed by atoms with Crippen molar-refractivity contribution in [1.29, 1.82) is 0 Å². The minimum atomic E-state index is -0.00759. The van der Waals surface area contributed by atoms with E-state index in [1.54, 1.807) is 18.5 Å². The Morgan fingerprint density at radius 1 is 1.44 bits per heavy atom. The van der Waals surface area contributed by atoms with Crippen LogP contribution in [0.15, 0.2) is 18.5 Å². The van der Waals surface area contributed by atoms with Gasteiger partial charge >= 0.3 is 0 Å². The number of hydrogen-bond donors (Lipinski definition) is 2. The summed E-state index contributed by atoms with van der Waals surface area (Å²) in [6.45, 7) is 6.53. The summed E-state index contributed by atoms with van der Waals surface area (Å²) in [5, 5.41) is 0. The molecule has 1 saturated heterocycles. The first-order valence-electron chi connectivity index (χ1n) is 6.18. The third-order valence-corrected chi connectivity index (χ3v) is 3.31. The molecule has 0 spiro atoms. The summed E-state index contributed by atoms with van der Waals surface area (Å²) in [7, 11) is 0. The molecule has 0 aromatic carbocycles. The Morgan fingerprint density at radius 3 is 2.78 bits per heavy atom. The number of pyridine rings is 1. The Morgan fingerprint density at radius 2 is 2.17 bits per heavy atom. The number of nitrogens with one attached hydrogen (secondary N) is 1. The minimum absolute atomic E-state index is 0.00759. The van der Waals surface area contributed by atoms with Crippen LogP contribution in [0, 0.1) is 0 Å². The zero-order valence-electron chi connectivity index (χ0n) is 10.6. The van der Waals surface area contributed by atoms with E-state index in [0.29, 0.717) is 11.3 Å². The van der Waals surface area contributed by atoms with Crippen LogP contribution in [0.1, 0.15) is 17.3 Å². The van der Waals surface area contributed by atoms with Crippen LogP contribution in [-0.2, 0) is 0 Å². The van der Waals surface area contributed by atoms with Crippen LogP contribution in [0.4, 0.5) is 5.69 Å². The summed E-state index contributed by atoms with van der Waals surface area (Å²) in [4.78, 5) is 20.5. The van der Waals surface area contributed by atoms with Gasteiger partial charge in [0.1, 0.15) is 0 Å². The van der Waals surface area contributed by atoms with Gasteiger partial charge < -0.3 is 15.2 Å². The molecule has 0 aliphatic carbocycles. The number of hydrogen-bond acceptors (Lipinski definition) is 5. The molecule has 6 nitrogen and oxygen atoms in total. The molecular formula is C12H19N5O. The maximum absolute atomic E-state index is 12.3. The van der Waals surface area contributed by atoms with Crippen molar-refractivity contribution in [3.8, 4) is 0 Å². The Hall–Kier alpha value is -1.66. The summed E-state index contributed by atoms with van der Waals surface area (Å²) in [5.41, 5.74) is 3.69. The van der Waals surface area contributed by atoms with Gasteiger partial charge in [-0.3, -0.25) is 15.6 Å². The van der Waals surface area contributed by atoms with Crippen molar-refractivity contribution < 1.29 is 4.79 Å². The molecule has 1 amide bonds. The molecule has 6 heteroatoms. The zero-order valence-corrected chi connectivity index (χ0v) is 10.6. The van der Waals surface area contributed by atoms with Gasteiger partial charge in [0.2, 0.25) is 0 Å². The van der Waals surface area contributed by atoms with E-state index >= 15 is 0 Å². The van der Waals surface area contributed by atoms with E-state index in [0.717, 1.165) is 32.7 Å². The summed E-state index contributed by atoms with van der Waals surface area (Å²) in [6, 6.07) is 1.70. The monoisotopic (exact) mass is 249 g/mol. The van der Waals surface area contributed by atoms with E-state index < -0.39 is 0 Å². The number of nitrogen functional groups attached to an aromatic ring is 1. The lowest BCUT2D eigenvalue weighted by Gasteiger charge is -2.34. The van der Waals surface area contributed by atoms with E-state index in [9.17, 15) is 4.79 Å². The van der Waals surface area contributed by atoms with Crippen molar-refractivity contribution in [3.05, 3.63) is 24.0 Å². The highest BCUT2D eigenvalue weighted by atomic mass is 16.2. The molecule has 3 N–H and O–H groups in total. The number of likely N-dealkylation sites (N-methyl/N-ethyl adjacent to an activating group) is 1. The first-order chi connectivity index (χ1) is 8.76. The van der Waals surface area contributed by atoms with Crippen molar-refractivity contribution in [2.24, 2.45) is 5.84 Å². The second-order valence-corrected chi connectivity index (χ2v) is 4.29. The predicted octanol–water partition coefficient (Wildman–Crippen LogP) is 0.145. The Kier molecular flexibility index (Phi) is 4.11. The van der Waals surface area contributed by atoms with Gasteiger partial charge in [0.15, 0.2) is 0 Å². The highest BCUT2D eigenvalue weighted by Gasteiger charge is 2.23. The van der Waals surface area contributed by atoms with E-state index in [2.05, 4.69) is 22.2 Å². The molecule has 0 radical (unpaired) electrons. The second-order valence-electron chi connectivity index (χ2n) is 4.29. The quantitative estimate of drug-likeness (QED) is 0.589. The molecule has 0 unspecified atom stereocenters. The van der Waals surface area contributed by atoms with Gasteiger partial charge in [-0.25, -0.2) is 0 Å². The summed E-state index contributed by atoms with van der Waals surface area (Å²) < 4.78 is 0. The number of carbonyl (C=O) groups is 1. The molecule has 1 aromatic heterocycles. The summed E-state index contributed by atoms with van der Waals surface area (Å²) in [5.74, 6) is 5.40.